The monoisotopic (exact) mass is 222 g/mol. The molecule has 0 saturated carbocycles. The molecule has 2 atom stereocenters. The van der Waals surface area contributed by atoms with Crippen LogP contribution < -0.4 is 5.32 Å². The molecule has 1 aromatic rings. The van der Waals surface area contributed by atoms with Crippen LogP contribution >= 0.6 is 11.3 Å². The molecule has 0 amide bonds. The van der Waals surface area contributed by atoms with Crippen LogP contribution in [0.3, 0.4) is 0 Å². The van der Waals surface area contributed by atoms with Crippen molar-refractivity contribution in [3.63, 3.8) is 0 Å². The number of likely N-dealkylation sites (tertiary alicyclic amines) is 1. The molecule has 2 fully saturated rings. The van der Waals surface area contributed by atoms with Crippen molar-refractivity contribution in [2.45, 2.75) is 6.42 Å². The van der Waals surface area contributed by atoms with E-state index in [1.807, 2.05) is 11.3 Å². The minimum atomic E-state index is 0.938. The van der Waals surface area contributed by atoms with Gasteiger partial charge in [-0.25, -0.2) is 0 Å². The topological polar surface area (TPSA) is 15.3 Å². The first-order chi connectivity index (χ1) is 7.42. The lowest BCUT2D eigenvalue weighted by molar-refractivity contribution is 0.318. The minimum absolute atomic E-state index is 0.938. The number of rotatable bonds is 3. The van der Waals surface area contributed by atoms with Gasteiger partial charge in [0.1, 0.15) is 0 Å². The van der Waals surface area contributed by atoms with Gasteiger partial charge in [-0.2, -0.15) is 0 Å². The molecule has 0 bridgehead atoms. The van der Waals surface area contributed by atoms with Crippen LogP contribution in [0.5, 0.6) is 0 Å². The van der Waals surface area contributed by atoms with Gasteiger partial charge >= 0.3 is 0 Å². The lowest BCUT2D eigenvalue weighted by Crippen LogP contribution is -2.27. The van der Waals surface area contributed by atoms with Gasteiger partial charge in [0.2, 0.25) is 0 Å². The van der Waals surface area contributed by atoms with Crippen LogP contribution in [0.1, 0.15) is 4.88 Å². The van der Waals surface area contributed by atoms with E-state index < -0.39 is 0 Å². The molecule has 0 aliphatic carbocycles. The molecule has 2 saturated heterocycles. The van der Waals surface area contributed by atoms with E-state index in [-0.39, 0.29) is 0 Å². The zero-order valence-electron chi connectivity index (χ0n) is 8.98. The van der Waals surface area contributed by atoms with Gasteiger partial charge in [-0.15, -0.1) is 11.3 Å². The fourth-order valence-corrected chi connectivity index (χ4v) is 3.56. The Morgan fingerprint density at radius 3 is 2.80 bits per heavy atom. The summed E-state index contributed by atoms with van der Waals surface area (Å²) in [5.74, 6) is 1.88. The summed E-state index contributed by atoms with van der Waals surface area (Å²) in [7, 11) is 0. The number of nitrogens with zero attached hydrogens (tertiary/aromatic N) is 1. The average molecular weight is 222 g/mol. The molecule has 2 aliphatic heterocycles. The summed E-state index contributed by atoms with van der Waals surface area (Å²) >= 11 is 1.89. The Kier molecular flexibility index (Phi) is 2.77. The molecule has 15 heavy (non-hydrogen) atoms. The maximum Gasteiger partial charge on any atom is 0.00579 e. The van der Waals surface area contributed by atoms with E-state index in [0.717, 1.165) is 11.8 Å². The SMILES string of the molecule is c1csc(CCN2CC3CNCC3C2)c1. The van der Waals surface area contributed by atoms with Crippen LogP contribution in [0.2, 0.25) is 0 Å². The van der Waals surface area contributed by atoms with E-state index >= 15 is 0 Å². The number of hydrogen-bond donors (Lipinski definition) is 1. The van der Waals surface area contributed by atoms with E-state index in [1.165, 1.54) is 44.0 Å². The molecular weight excluding hydrogens is 204 g/mol. The minimum Gasteiger partial charge on any atom is -0.316 e. The molecule has 0 aromatic carbocycles. The molecule has 2 aliphatic rings. The predicted octanol–water partition coefficient (Wildman–Crippen LogP) is 1.44. The Hall–Kier alpha value is -0.380. The first-order valence-corrected chi connectivity index (χ1v) is 6.75. The summed E-state index contributed by atoms with van der Waals surface area (Å²) in [4.78, 5) is 4.18. The van der Waals surface area contributed by atoms with Crippen molar-refractivity contribution in [1.29, 1.82) is 0 Å². The third kappa shape index (κ3) is 2.10. The van der Waals surface area contributed by atoms with E-state index in [1.54, 1.807) is 0 Å². The second-order valence-electron chi connectivity index (χ2n) is 4.77. The fourth-order valence-electron chi connectivity index (χ4n) is 2.86. The van der Waals surface area contributed by atoms with Crippen LogP contribution in [-0.2, 0) is 6.42 Å². The maximum atomic E-state index is 3.49. The van der Waals surface area contributed by atoms with Crippen molar-refractivity contribution < 1.29 is 0 Å². The van der Waals surface area contributed by atoms with Crippen molar-refractivity contribution >= 4 is 11.3 Å². The van der Waals surface area contributed by atoms with Crippen LogP contribution in [0.25, 0.3) is 0 Å². The molecule has 3 heterocycles. The Labute approximate surface area is 95.3 Å². The largest absolute Gasteiger partial charge is 0.316 e. The molecule has 82 valence electrons. The van der Waals surface area contributed by atoms with Gasteiger partial charge in [-0.1, -0.05) is 6.07 Å². The highest BCUT2D eigenvalue weighted by atomic mass is 32.1. The van der Waals surface area contributed by atoms with Gasteiger partial charge in [0, 0.05) is 24.5 Å². The van der Waals surface area contributed by atoms with Gasteiger partial charge in [0.05, 0.1) is 0 Å². The number of thiophene rings is 1. The lowest BCUT2D eigenvalue weighted by atomic mass is 10.0. The normalized spacial score (nSPS) is 30.9. The highest BCUT2D eigenvalue weighted by molar-refractivity contribution is 7.09. The molecule has 1 N–H and O–H groups in total. The smallest absolute Gasteiger partial charge is 0.00579 e. The van der Waals surface area contributed by atoms with Crippen LogP contribution in [-0.4, -0.2) is 37.6 Å². The van der Waals surface area contributed by atoms with Crippen molar-refractivity contribution in [2.24, 2.45) is 11.8 Å². The second-order valence-corrected chi connectivity index (χ2v) is 5.80. The zero-order valence-corrected chi connectivity index (χ0v) is 9.80. The summed E-state index contributed by atoms with van der Waals surface area (Å²) in [5, 5.41) is 5.67. The fraction of sp³-hybridized carbons (Fsp3) is 0.667. The van der Waals surface area contributed by atoms with Crippen molar-refractivity contribution in [2.75, 3.05) is 32.7 Å². The molecule has 1 aromatic heterocycles. The molecule has 2 unspecified atom stereocenters. The molecule has 0 radical (unpaired) electrons. The average Bonchev–Trinajstić information content (AvgIpc) is 2.91. The van der Waals surface area contributed by atoms with E-state index in [4.69, 9.17) is 0 Å². The van der Waals surface area contributed by atoms with Gasteiger partial charge in [-0.3, -0.25) is 0 Å². The summed E-state index contributed by atoms with van der Waals surface area (Å²) in [5.41, 5.74) is 0. The third-order valence-corrected chi connectivity index (χ3v) is 4.66. The Morgan fingerprint density at radius 1 is 1.33 bits per heavy atom. The highest BCUT2D eigenvalue weighted by Crippen LogP contribution is 2.26. The molecule has 0 spiro atoms. The molecule has 3 rings (SSSR count). The third-order valence-electron chi connectivity index (χ3n) is 3.72. The summed E-state index contributed by atoms with van der Waals surface area (Å²) in [6, 6.07) is 4.41. The Balaban J connectivity index is 1.49. The number of nitrogens with one attached hydrogen (secondary N) is 1. The zero-order chi connectivity index (χ0) is 10.1. The van der Waals surface area contributed by atoms with Crippen LogP contribution in [0, 0.1) is 11.8 Å². The Bertz CT molecular complexity index is 297. The summed E-state index contributed by atoms with van der Waals surface area (Å²) in [6.07, 6.45) is 1.24. The van der Waals surface area contributed by atoms with Crippen molar-refractivity contribution in [3.8, 4) is 0 Å². The quantitative estimate of drug-likeness (QED) is 0.832. The van der Waals surface area contributed by atoms with Gasteiger partial charge < -0.3 is 10.2 Å². The van der Waals surface area contributed by atoms with Crippen LogP contribution in [0.15, 0.2) is 17.5 Å². The van der Waals surface area contributed by atoms with E-state index in [0.29, 0.717) is 0 Å². The predicted molar refractivity (Wildman–Crippen MR) is 64.3 cm³/mol. The summed E-state index contributed by atoms with van der Waals surface area (Å²) < 4.78 is 0. The first-order valence-electron chi connectivity index (χ1n) is 5.87. The Morgan fingerprint density at radius 2 is 2.13 bits per heavy atom. The molecule has 3 heteroatoms. The second kappa shape index (κ2) is 4.24. The summed E-state index contributed by atoms with van der Waals surface area (Å²) in [6.45, 7) is 6.40. The van der Waals surface area contributed by atoms with Crippen molar-refractivity contribution in [1.82, 2.24) is 10.2 Å². The van der Waals surface area contributed by atoms with Gasteiger partial charge in [-0.05, 0) is 42.8 Å². The lowest BCUT2D eigenvalue weighted by Gasteiger charge is -2.15. The van der Waals surface area contributed by atoms with Crippen molar-refractivity contribution in [3.05, 3.63) is 22.4 Å². The van der Waals surface area contributed by atoms with Gasteiger partial charge in [0.25, 0.3) is 0 Å². The van der Waals surface area contributed by atoms with E-state index in [2.05, 4.69) is 27.7 Å². The van der Waals surface area contributed by atoms with Gasteiger partial charge in [0.15, 0.2) is 0 Å². The van der Waals surface area contributed by atoms with E-state index in [9.17, 15) is 0 Å². The van der Waals surface area contributed by atoms with Crippen LogP contribution in [0.4, 0.5) is 0 Å². The standard InChI is InChI=1S/C12H18N2S/c1-2-12(15-5-1)3-4-14-8-10-6-13-7-11(10)9-14/h1-2,5,10-11,13H,3-4,6-9H2. The number of hydrogen-bond acceptors (Lipinski definition) is 3. The molecule has 2 nitrogen and oxygen atoms in total. The first kappa shape index (κ1) is 9.82. The molecular formula is C12H18N2S. The highest BCUT2D eigenvalue weighted by Gasteiger charge is 2.35. The maximum absolute atomic E-state index is 3.49. The number of fused-ring (bicyclic) bond motifs is 1.